The highest BCUT2D eigenvalue weighted by atomic mass is 16.6. The molecule has 0 heterocycles. The Morgan fingerprint density at radius 1 is 1.11 bits per heavy atom. The molecule has 3 nitrogen and oxygen atoms in total. The Morgan fingerprint density at radius 2 is 1.56 bits per heavy atom. The number of hydrogen-bond donors (Lipinski definition) is 0. The molecule has 2 fully saturated rings. The molecular formula is C15H24O3. The number of rotatable bonds is 1. The van der Waals surface area contributed by atoms with Crippen LogP contribution in [-0.4, -0.2) is 17.4 Å². The second-order valence-corrected chi connectivity index (χ2v) is 6.97. The average molecular weight is 252 g/mol. The molecule has 2 aliphatic carbocycles. The van der Waals surface area contributed by atoms with Crippen LogP contribution in [0.5, 0.6) is 0 Å². The number of hydrogen-bond acceptors (Lipinski definition) is 3. The molecule has 18 heavy (non-hydrogen) atoms. The lowest BCUT2D eigenvalue weighted by Crippen LogP contribution is -2.45. The molecule has 2 saturated carbocycles. The van der Waals surface area contributed by atoms with E-state index in [1.165, 1.54) is 0 Å². The van der Waals surface area contributed by atoms with Crippen LogP contribution in [0.2, 0.25) is 0 Å². The summed E-state index contributed by atoms with van der Waals surface area (Å²) in [5.41, 5.74) is -0.447. The number of esters is 1. The lowest BCUT2D eigenvalue weighted by atomic mass is 9.66. The number of ketones is 1. The maximum atomic E-state index is 12.3. The van der Waals surface area contributed by atoms with Crippen LogP contribution in [0, 0.1) is 29.6 Å². The zero-order chi connectivity index (χ0) is 13.7. The molecule has 5 atom stereocenters. The van der Waals surface area contributed by atoms with Gasteiger partial charge in [-0.1, -0.05) is 13.8 Å². The van der Waals surface area contributed by atoms with Crippen molar-refractivity contribution in [3.63, 3.8) is 0 Å². The highest BCUT2D eigenvalue weighted by Gasteiger charge is 2.53. The minimum absolute atomic E-state index is 0.0868. The largest absolute Gasteiger partial charge is 0.460 e. The van der Waals surface area contributed by atoms with Gasteiger partial charge in [0.05, 0.1) is 5.92 Å². The van der Waals surface area contributed by atoms with Crippen LogP contribution in [0.1, 0.15) is 47.5 Å². The Bertz CT molecular complexity index is 346. The van der Waals surface area contributed by atoms with Gasteiger partial charge in [-0.15, -0.1) is 0 Å². The van der Waals surface area contributed by atoms with Crippen molar-refractivity contribution in [3.05, 3.63) is 0 Å². The van der Waals surface area contributed by atoms with E-state index in [-0.39, 0.29) is 35.6 Å². The van der Waals surface area contributed by atoms with Gasteiger partial charge in [-0.25, -0.2) is 0 Å². The molecule has 0 radical (unpaired) electrons. The van der Waals surface area contributed by atoms with E-state index >= 15 is 0 Å². The monoisotopic (exact) mass is 252 g/mol. The van der Waals surface area contributed by atoms with Crippen LogP contribution in [0.15, 0.2) is 0 Å². The van der Waals surface area contributed by atoms with Crippen molar-refractivity contribution in [2.45, 2.75) is 53.1 Å². The first-order valence-corrected chi connectivity index (χ1v) is 6.99. The van der Waals surface area contributed by atoms with Gasteiger partial charge in [0.15, 0.2) is 0 Å². The number of fused-ring (bicyclic) bond motifs is 2. The third kappa shape index (κ3) is 2.19. The third-order valence-electron chi connectivity index (χ3n) is 4.60. The summed E-state index contributed by atoms with van der Waals surface area (Å²) in [6, 6.07) is 0. The fourth-order valence-electron chi connectivity index (χ4n) is 3.74. The van der Waals surface area contributed by atoms with E-state index in [0.29, 0.717) is 5.78 Å². The topological polar surface area (TPSA) is 43.4 Å². The molecule has 0 amide bonds. The molecular weight excluding hydrogens is 228 g/mol. The van der Waals surface area contributed by atoms with Gasteiger partial charge >= 0.3 is 5.97 Å². The minimum atomic E-state index is -0.447. The summed E-state index contributed by atoms with van der Waals surface area (Å²) >= 11 is 0. The minimum Gasteiger partial charge on any atom is -0.460 e. The fourth-order valence-corrected chi connectivity index (χ4v) is 3.74. The maximum absolute atomic E-state index is 12.3. The Hall–Kier alpha value is -0.860. The molecule has 0 aromatic rings. The van der Waals surface area contributed by atoms with Gasteiger partial charge < -0.3 is 4.74 Å². The van der Waals surface area contributed by atoms with Gasteiger partial charge in [0.2, 0.25) is 0 Å². The van der Waals surface area contributed by atoms with E-state index in [2.05, 4.69) is 0 Å². The van der Waals surface area contributed by atoms with Crippen LogP contribution in [0.3, 0.4) is 0 Å². The fraction of sp³-hybridized carbons (Fsp3) is 0.867. The molecule has 2 bridgehead atoms. The van der Waals surface area contributed by atoms with Gasteiger partial charge in [0, 0.05) is 11.8 Å². The lowest BCUT2D eigenvalue weighted by Gasteiger charge is -2.38. The Kier molecular flexibility index (Phi) is 3.28. The number of ether oxygens (including phenoxy) is 1. The summed E-state index contributed by atoms with van der Waals surface area (Å²) in [6.45, 7) is 9.75. The second kappa shape index (κ2) is 4.36. The van der Waals surface area contributed by atoms with Gasteiger partial charge in [0.25, 0.3) is 0 Å². The van der Waals surface area contributed by atoms with Crippen molar-refractivity contribution in [1.82, 2.24) is 0 Å². The van der Waals surface area contributed by atoms with E-state index in [0.717, 1.165) is 12.8 Å². The summed E-state index contributed by atoms with van der Waals surface area (Å²) < 4.78 is 5.53. The van der Waals surface area contributed by atoms with Crippen LogP contribution in [-0.2, 0) is 14.3 Å². The predicted octanol–water partition coefficient (Wildman–Crippen LogP) is 2.83. The number of carbonyl (C=O) groups excluding carboxylic acids is 2. The molecule has 0 saturated heterocycles. The van der Waals surface area contributed by atoms with E-state index in [1.54, 1.807) is 0 Å². The molecule has 0 aliphatic heterocycles. The molecule has 3 heteroatoms. The van der Waals surface area contributed by atoms with E-state index in [9.17, 15) is 9.59 Å². The summed E-state index contributed by atoms with van der Waals surface area (Å²) in [4.78, 5) is 24.4. The summed E-state index contributed by atoms with van der Waals surface area (Å²) in [5.74, 6) is 0.579. The van der Waals surface area contributed by atoms with Gasteiger partial charge in [-0.2, -0.15) is 0 Å². The smallest absolute Gasteiger partial charge is 0.310 e. The molecule has 0 aromatic heterocycles. The van der Waals surface area contributed by atoms with Crippen molar-refractivity contribution in [2.24, 2.45) is 29.6 Å². The van der Waals surface area contributed by atoms with Gasteiger partial charge in [-0.05, 0) is 45.4 Å². The van der Waals surface area contributed by atoms with Crippen molar-refractivity contribution in [1.29, 1.82) is 0 Å². The first kappa shape index (κ1) is 13.6. The molecule has 102 valence electrons. The van der Waals surface area contributed by atoms with Crippen molar-refractivity contribution >= 4 is 11.8 Å². The highest BCUT2D eigenvalue weighted by Crippen LogP contribution is 2.49. The Labute approximate surface area is 109 Å². The van der Waals surface area contributed by atoms with Crippen molar-refractivity contribution in [2.75, 3.05) is 0 Å². The SMILES string of the molecule is C[C@@H]1C(C(=O)OC(C)(C)C)[C@H](C)[C@H]2CC[C@@H]1C2=O. The molecule has 2 rings (SSSR count). The van der Waals surface area contributed by atoms with Crippen LogP contribution < -0.4 is 0 Å². The molecule has 0 aromatic carbocycles. The first-order valence-electron chi connectivity index (χ1n) is 6.99. The highest BCUT2D eigenvalue weighted by molar-refractivity contribution is 5.89. The van der Waals surface area contributed by atoms with Crippen LogP contribution in [0.4, 0.5) is 0 Å². The second-order valence-electron chi connectivity index (χ2n) is 6.97. The molecule has 2 aliphatic rings. The summed E-state index contributed by atoms with van der Waals surface area (Å²) in [7, 11) is 0. The molecule has 0 spiro atoms. The van der Waals surface area contributed by atoms with Crippen LogP contribution >= 0.6 is 0 Å². The predicted molar refractivity (Wildman–Crippen MR) is 68.9 cm³/mol. The van der Waals surface area contributed by atoms with Crippen molar-refractivity contribution < 1.29 is 14.3 Å². The first-order chi connectivity index (χ1) is 8.22. The normalized spacial score (nSPS) is 39.8. The summed E-state index contributed by atoms with van der Waals surface area (Å²) in [6.07, 6.45) is 1.91. The number of Topliss-reactive ketones (excluding diaryl/α,β-unsaturated/α-hetero) is 1. The Morgan fingerprint density at radius 3 is 1.94 bits per heavy atom. The Balaban J connectivity index is 2.18. The number of carbonyl (C=O) groups is 2. The molecule has 1 unspecified atom stereocenters. The zero-order valence-electron chi connectivity index (χ0n) is 12.0. The van der Waals surface area contributed by atoms with E-state index < -0.39 is 5.60 Å². The zero-order valence-corrected chi connectivity index (χ0v) is 12.0. The summed E-state index contributed by atoms with van der Waals surface area (Å²) in [5, 5.41) is 0. The van der Waals surface area contributed by atoms with Crippen molar-refractivity contribution in [3.8, 4) is 0 Å². The maximum Gasteiger partial charge on any atom is 0.310 e. The quantitative estimate of drug-likeness (QED) is 0.674. The van der Waals surface area contributed by atoms with Gasteiger partial charge in [-0.3, -0.25) is 9.59 Å². The molecule has 0 N–H and O–H groups in total. The van der Waals surface area contributed by atoms with Gasteiger partial charge in [0.1, 0.15) is 11.4 Å². The van der Waals surface area contributed by atoms with E-state index in [4.69, 9.17) is 4.74 Å². The average Bonchev–Trinajstić information content (AvgIpc) is 2.49. The van der Waals surface area contributed by atoms with Crippen LogP contribution in [0.25, 0.3) is 0 Å². The van der Waals surface area contributed by atoms with E-state index in [1.807, 2.05) is 34.6 Å². The third-order valence-corrected chi connectivity index (χ3v) is 4.60. The standard InChI is InChI=1S/C15H24O3/c1-8-10-6-7-11(13(10)16)9(2)12(8)14(17)18-15(3,4)5/h8-12H,6-7H2,1-5H3/t8-,9+,10-,11+,12?. The lowest BCUT2D eigenvalue weighted by molar-refractivity contribution is -0.168.